The van der Waals surface area contributed by atoms with Crippen LogP contribution < -0.4 is 0 Å². The topological polar surface area (TPSA) is 57.7 Å². The highest BCUT2D eigenvalue weighted by atomic mass is 79.9. The molecule has 1 amide bonds. The zero-order valence-electron chi connectivity index (χ0n) is 12.5. The average molecular weight is 450 g/mol. The van der Waals surface area contributed by atoms with Crippen LogP contribution in [0, 0.1) is 0 Å². The molecule has 0 unspecified atom stereocenters. The van der Waals surface area contributed by atoms with Crippen molar-refractivity contribution < 1.29 is 13.2 Å². The number of piperazine rings is 1. The molecular formula is C15H14BrClN2O3S2. The number of amides is 1. The number of hydrogen-bond donors (Lipinski definition) is 0. The maximum Gasteiger partial charge on any atom is 0.253 e. The maximum atomic E-state index is 12.6. The van der Waals surface area contributed by atoms with Crippen molar-refractivity contribution in [2.24, 2.45) is 0 Å². The first kappa shape index (κ1) is 17.9. The van der Waals surface area contributed by atoms with Gasteiger partial charge in [0.05, 0.1) is 4.34 Å². The molecule has 3 rings (SSSR count). The first-order valence-corrected chi connectivity index (χ1v) is 10.6. The Morgan fingerprint density at radius 1 is 1.04 bits per heavy atom. The molecule has 1 saturated heterocycles. The van der Waals surface area contributed by atoms with Crippen molar-refractivity contribution in [3.05, 3.63) is 50.8 Å². The number of benzene rings is 1. The molecule has 1 aromatic heterocycles. The monoisotopic (exact) mass is 448 g/mol. The van der Waals surface area contributed by atoms with E-state index in [4.69, 9.17) is 11.6 Å². The Labute approximate surface area is 158 Å². The van der Waals surface area contributed by atoms with Gasteiger partial charge in [-0.05, 0) is 36.4 Å². The lowest BCUT2D eigenvalue weighted by atomic mass is 10.2. The fourth-order valence-electron chi connectivity index (χ4n) is 2.47. The van der Waals surface area contributed by atoms with Gasteiger partial charge in [0.15, 0.2) is 0 Å². The third-order valence-corrected chi connectivity index (χ3v) is 7.89. The second-order valence-corrected chi connectivity index (χ2v) is 10.1. The lowest BCUT2D eigenvalue weighted by molar-refractivity contribution is 0.0698. The average Bonchev–Trinajstić information content (AvgIpc) is 3.02. The van der Waals surface area contributed by atoms with E-state index in [0.717, 1.165) is 15.8 Å². The van der Waals surface area contributed by atoms with E-state index in [-0.39, 0.29) is 23.2 Å². The number of carbonyl (C=O) groups is 1. The Morgan fingerprint density at radius 2 is 1.67 bits per heavy atom. The first-order valence-electron chi connectivity index (χ1n) is 7.18. The van der Waals surface area contributed by atoms with Crippen LogP contribution in [-0.4, -0.2) is 49.7 Å². The second-order valence-electron chi connectivity index (χ2n) is 5.26. The molecule has 0 radical (unpaired) electrons. The largest absolute Gasteiger partial charge is 0.336 e. The minimum absolute atomic E-state index is 0.0845. The van der Waals surface area contributed by atoms with Crippen molar-refractivity contribution in [3.8, 4) is 0 Å². The summed E-state index contributed by atoms with van der Waals surface area (Å²) in [6.07, 6.45) is 0. The fraction of sp³-hybridized carbons (Fsp3) is 0.267. The molecule has 0 aliphatic carbocycles. The van der Waals surface area contributed by atoms with Crippen molar-refractivity contribution in [1.82, 2.24) is 9.21 Å². The molecule has 0 bridgehead atoms. The number of nitrogens with zero attached hydrogens (tertiary/aromatic N) is 2. The molecule has 1 fully saturated rings. The van der Waals surface area contributed by atoms with Gasteiger partial charge in [-0.1, -0.05) is 27.5 Å². The summed E-state index contributed by atoms with van der Waals surface area (Å²) in [7, 11) is -3.54. The lowest BCUT2D eigenvalue weighted by Gasteiger charge is -2.33. The second kappa shape index (κ2) is 7.13. The van der Waals surface area contributed by atoms with Crippen LogP contribution in [0.5, 0.6) is 0 Å². The van der Waals surface area contributed by atoms with Gasteiger partial charge in [-0.15, -0.1) is 11.3 Å². The van der Waals surface area contributed by atoms with Crippen molar-refractivity contribution in [2.45, 2.75) is 4.21 Å². The van der Waals surface area contributed by atoms with Gasteiger partial charge in [0.25, 0.3) is 15.9 Å². The van der Waals surface area contributed by atoms with Gasteiger partial charge >= 0.3 is 0 Å². The summed E-state index contributed by atoms with van der Waals surface area (Å²) < 4.78 is 28.1. The third-order valence-electron chi connectivity index (χ3n) is 3.76. The van der Waals surface area contributed by atoms with Crippen LogP contribution in [0.4, 0.5) is 0 Å². The summed E-state index contributed by atoms with van der Waals surface area (Å²) >= 11 is 10.2. The molecule has 2 aromatic rings. The molecular weight excluding hydrogens is 436 g/mol. The minimum atomic E-state index is -3.54. The molecule has 5 nitrogen and oxygen atoms in total. The standard InChI is InChI=1S/C15H14BrClN2O3S2/c16-12-3-1-11(2-4-12)15(20)18-7-9-19(10-8-18)24(21,22)14-6-5-13(17)23-14/h1-6H,7-10H2. The van der Waals surface area contributed by atoms with Crippen molar-refractivity contribution >= 4 is 54.8 Å². The number of sulfonamides is 1. The van der Waals surface area contributed by atoms with Gasteiger partial charge in [0, 0.05) is 36.2 Å². The van der Waals surface area contributed by atoms with Gasteiger partial charge in [-0.3, -0.25) is 4.79 Å². The van der Waals surface area contributed by atoms with E-state index >= 15 is 0 Å². The van der Waals surface area contributed by atoms with Crippen molar-refractivity contribution in [2.75, 3.05) is 26.2 Å². The molecule has 24 heavy (non-hydrogen) atoms. The summed E-state index contributed by atoms with van der Waals surface area (Å²) in [5.74, 6) is -0.0845. The molecule has 0 atom stereocenters. The molecule has 128 valence electrons. The summed E-state index contributed by atoms with van der Waals surface area (Å²) in [6.45, 7) is 1.29. The zero-order valence-corrected chi connectivity index (χ0v) is 16.5. The van der Waals surface area contributed by atoms with Crippen molar-refractivity contribution in [3.63, 3.8) is 0 Å². The number of carbonyl (C=O) groups excluding carboxylic acids is 1. The highest BCUT2D eigenvalue weighted by molar-refractivity contribution is 9.10. The van der Waals surface area contributed by atoms with E-state index in [1.807, 2.05) is 12.1 Å². The number of halogens is 2. The molecule has 2 heterocycles. The van der Waals surface area contributed by atoms with E-state index in [9.17, 15) is 13.2 Å². The van der Waals surface area contributed by atoms with Gasteiger partial charge < -0.3 is 4.90 Å². The first-order chi connectivity index (χ1) is 11.4. The normalized spacial score (nSPS) is 16.3. The van der Waals surface area contributed by atoms with Crippen LogP contribution in [0.1, 0.15) is 10.4 Å². The van der Waals surface area contributed by atoms with Gasteiger partial charge in [0.2, 0.25) is 0 Å². The summed E-state index contributed by atoms with van der Waals surface area (Å²) in [4.78, 5) is 14.1. The Bertz CT molecular complexity index is 844. The summed E-state index contributed by atoms with van der Waals surface area (Å²) in [5, 5.41) is 0. The number of thiophene rings is 1. The molecule has 0 saturated carbocycles. The Hall–Kier alpha value is -0.930. The van der Waals surface area contributed by atoms with Gasteiger partial charge in [-0.2, -0.15) is 4.31 Å². The number of hydrogen-bond acceptors (Lipinski definition) is 4. The zero-order chi connectivity index (χ0) is 17.3. The minimum Gasteiger partial charge on any atom is -0.336 e. The van der Waals surface area contributed by atoms with E-state index < -0.39 is 10.0 Å². The van der Waals surface area contributed by atoms with Crippen LogP contribution in [0.3, 0.4) is 0 Å². The highest BCUT2D eigenvalue weighted by Crippen LogP contribution is 2.28. The van der Waals surface area contributed by atoms with Gasteiger partial charge in [0.1, 0.15) is 4.21 Å². The Kier molecular flexibility index (Phi) is 5.31. The smallest absolute Gasteiger partial charge is 0.253 e. The maximum absolute atomic E-state index is 12.6. The van der Waals surface area contributed by atoms with Gasteiger partial charge in [-0.25, -0.2) is 8.42 Å². The van der Waals surface area contributed by atoms with Crippen LogP contribution >= 0.6 is 38.9 Å². The van der Waals surface area contributed by atoms with E-state index in [0.29, 0.717) is 23.0 Å². The molecule has 1 aliphatic heterocycles. The number of rotatable bonds is 3. The predicted molar refractivity (Wildman–Crippen MR) is 98.1 cm³/mol. The molecule has 1 aromatic carbocycles. The van der Waals surface area contributed by atoms with Crippen molar-refractivity contribution in [1.29, 1.82) is 0 Å². The van der Waals surface area contributed by atoms with Crippen LogP contribution in [0.25, 0.3) is 0 Å². The lowest BCUT2D eigenvalue weighted by Crippen LogP contribution is -2.50. The molecule has 0 N–H and O–H groups in total. The molecule has 9 heteroatoms. The Morgan fingerprint density at radius 3 is 2.21 bits per heavy atom. The fourth-order valence-corrected chi connectivity index (χ4v) is 5.79. The molecule has 0 spiro atoms. The van der Waals surface area contributed by atoms with E-state index in [2.05, 4.69) is 15.9 Å². The van der Waals surface area contributed by atoms with E-state index in [1.165, 1.54) is 10.4 Å². The van der Waals surface area contributed by atoms with E-state index in [1.54, 1.807) is 23.1 Å². The van der Waals surface area contributed by atoms with Crippen LogP contribution in [0.15, 0.2) is 45.1 Å². The van der Waals surface area contributed by atoms with Crippen LogP contribution in [0.2, 0.25) is 4.34 Å². The SMILES string of the molecule is O=C(c1ccc(Br)cc1)N1CCN(S(=O)(=O)c2ccc(Cl)s2)CC1. The summed E-state index contributed by atoms with van der Waals surface area (Å²) in [5.41, 5.74) is 0.597. The quantitative estimate of drug-likeness (QED) is 0.722. The predicted octanol–water partition coefficient (Wildman–Crippen LogP) is 3.31. The molecule has 1 aliphatic rings. The Balaban J connectivity index is 1.67. The third kappa shape index (κ3) is 3.67. The summed E-state index contributed by atoms with van der Waals surface area (Å²) in [6, 6.07) is 10.2. The highest BCUT2D eigenvalue weighted by Gasteiger charge is 2.31. The van der Waals surface area contributed by atoms with Crippen LogP contribution in [-0.2, 0) is 10.0 Å².